The number of fused-ring (bicyclic) bond motifs is 1. The average molecular weight is 443 g/mol. The zero-order valence-electron chi connectivity index (χ0n) is 17.9. The molecule has 1 amide bonds. The van der Waals surface area contributed by atoms with Crippen molar-refractivity contribution in [3.05, 3.63) is 101 Å². The van der Waals surface area contributed by atoms with Crippen LogP contribution in [-0.2, 0) is 11.3 Å². The molecule has 1 N–H and O–H groups in total. The van der Waals surface area contributed by atoms with Crippen molar-refractivity contribution in [2.24, 2.45) is 0 Å². The zero-order chi connectivity index (χ0) is 22.9. The summed E-state index contributed by atoms with van der Waals surface area (Å²) < 4.78 is 16.8. The van der Waals surface area contributed by atoms with E-state index < -0.39 is 23.5 Å². The molecule has 1 atom stereocenters. The van der Waals surface area contributed by atoms with E-state index in [1.807, 2.05) is 43.3 Å². The van der Waals surface area contributed by atoms with Gasteiger partial charge in [0.25, 0.3) is 5.91 Å². The third kappa shape index (κ3) is 3.67. The lowest BCUT2D eigenvalue weighted by atomic mass is 9.99. The molecule has 7 heteroatoms. The number of Topliss-reactive ketones (excluding diaryl/α,β-unsaturated/α-hetero) is 1. The summed E-state index contributed by atoms with van der Waals surface area (Å²) in [7, 11) is 0. The summed E-state index contributed by atoms with van der Waals surface area (Å²) in [5.41, 5.74) is 1.29. The maximum Gasteiger partial charge on any atom is 0.290 e. The summed E-state index contributed by atoms with van der Waals surface area (Å²) >= 11 is 0. The van der Waals surface area contributed by atoms with Crippen LogP contribution in [-0.4, -0.2) is 28.3 Å². The molecule has 3 heterocycles. The van der Waals surface area contributed by atoms with Crippen LogP contribution in [0.2, 0.25) is 0 Å². The fourth-order valence-corrected chi connectivity index (χ4v) is 4.07. The van der Waals surface area contributed by atoms with E-state index in [9.17, 15) is 14.7 Å². The topological polar surface area (TPSA) is 93.1 Å². The first kappa shape index (κ1) is 20.6. The zero-order valence-corrected chi connectivity index (χ0v) is 17.9. The van der Waals surface area contributed by atoms with Gasteiger partial charge in [0.15, 0.2) is 11.5 Å². The van der Waals surface area contributed by atoms with Gasteiger partial charge in [-0.3, -0.25) is 9.59 Å². The van der Waals surface area contributed by atoms with Gasteiger partial charge in [-0.2, -0.15) is 0 Å². The van der Waals surface area contributed by atoms with Crippen LogP contribution in [0.3, 0.4) is 0 Å². The molecule has 2 aromatic carbocycles. The number of aliphatic hydroxyl groups excluding tert-OH is 1. The molecular weight excluding hydrogens is 422 g/mol. The highest BCUT2D eigenvalue weighted by Crippen LogP contribution is 2.40. The number of hydrogen-bond donors (Lipinski definition) is 1. The van der Waals surface area contributed by atoms with E-state index in [0.717, 1.165) is 16.7 Å². The molecule has 0 aliphatic carbocycles. The van der Waals surface area contributed by atoms with Crippen molar-refractivity contribution in [1.29, 1.82) is 0 Å². The second-order valence-corrected chi connectivity index (χ2v) is 7.67. The van der Waals surface area contributed by atoms with Crippen molar-refractivity contribution in [2.45, 2.75) is 19.5 Å². The highest BCUT2D eigenvalue weighted by Gasteiger charge is 2.45. The first-order chi connectivity index (χ1) is 16.1. The van der Waals surface area contributed by atoms with Crippen LogP contribution in [0.1, 0.15) is 34.8 Å². The van der Waals surface area contributed by atoms with Crippen LogP contribution < -0.4 is 4.74 Å². The molecule has 4 aromatic rings. The van der Waals surface area contributed by atoms with Crippen molar-refractivity contribution < 1.29 is 28.3 Å². The van der Waals surface area contributed by atoms with Gasteiger partial charge in [0.1, 0.15) is 23.1 Å². The first-order valence-electron chi connectivity index (χ1n) is 10.6. The molecule has 2 aromatic heterocycles. The minimum atomic E-state index is -0.889. The molecule has 0 saturated heterocycles. The highest BCUT2D eigenvalue weighted by atomic mass is 16.5. The Morgan fingerprint density at radius 2 is 1.88 bits per heavy atom. The highest BCUT2D eigenvalue weighted by molar-refractivity contribution is 6.15. The van der Waals surface area contributed by atoms with Gasteiger partial charge >= 0.3 is 0 Å². The van der Waals surface area contributed by atoms with Gasteiger partial charge in [-0.05, 0) is 48.9 Å². The minimum absolute atomic E-state index is 0.0463. The van der Waals surface area contributed by atoms with Crippen LogP contribution in [0.25, 0.3) is 11.0 Å². The number of amides is 1. The van der Waals surface area contributed by atoms with E-state index in [4.69, 9.17) is 13.6 Å². The monoisotopic (exact) mass is 443 g/mol. The van der Waals surface area contributed by atoms with Crippen LogP contribution >= 0.6 is 0 Å². The Bertz CT molecular complexity index is 1310. The molecule has 0 spiro atoms. The molecule has 7 nitrogen and oxygen atoms in total. The molecule has 1 aliphatic rings. The number of ether oxygens (including phenoxy) is 1. The SMILES string of the molecule is CCOc1ccc(CN2C(=O)C(O)=C(C(=O)c3cc4ccccc4o3)C2c2ccco2)cc1. The van der Waals surface area contributed by atoms with Gasteiger partial charge in [-0.1, -0.05) is 30.3 Å². The van der Waals surface area contributed by atoms with E-state index >= 15 is 0 Å². The van der Waals surface area contributed by atoms with Gasteiger partial charge in [0.2, 0.25) is 5.78 Å². The lowest BCUT2D eigenvalue weighted by molar-refractivity contribution is -0.130. The number of carbonyl (C=O) groups excluding carboxylic acids is 2. The van der Waals surface area contributed by atoms with Gasteiger partial charge in [-0.25, -0.2) is 0 Å². The number of hydrogen-bond acceptors (Lipinski definition) is 6. The predicted molar refractivity (Wildman–Crippen MR) is 120 cm³/mol. The molecule has 0 saturated carbocycles. The number of ketones is 1. The fraction of sp³-hybridized carbons (Fsp3) is 0.154. The van der Waals surface area contributed by atoms with Crippen LogP contribution in [0.5, 0.6) is 5.75 Å². The van der Waals surface area contributed by atoms with E-state index in [1.165, 1.54) is 11.2 Å². The summed E-state index contributed by atoms with van der Waals surface area (Å²) in [6, 6.07) is 18.6. The number of furan rings is 2. The average Bonchev–Trinajstić information content (AvgIpc) is 3.55. The molecule has 0 bridgehead atoms. The van der Waals surface area contributed by atoms with Crippen molar-refractivity contribution in [1.82, 2.24) is 4.90 Å². The quantitative estimate of drug-likeness (QED) is 0.395. The van der Waals surface area contributed by atoms with Crippen LogP contribution in [0.4, 0.5) is 0 Å². The fourth-order valence-electron chi connectivity index (χ4n) is 4.07. The third-order valence-corrected chi connectivity index (χ3v) is 5.60. The molecular formula is C26H21NO6. The number of benzene rings is 2. The summed E-state index contributed by atoms with van der Waals surface area (Å²) in [6.45, 7) is 2.62. The number of para-hydroxylation sites is 1. The Kier molecular flexibility index (Phi) is 5.22. The predicted octanol–water partition coefficient (Wildman–Crippen LogP) is 5.20. The standard InChI is InChI=1S/C26H21NO6/c1-2-31-18-11-9-16(10-12-18)15-27-23(20-8-5-13-32-20)22(25(29)26(27)30)24(28)21-14-17-6-3-4-7-19(17)33-21/h3-14,23,29H,2,15H2,1H3. The largest absolute Gasteiger partial charge is 0.503 e. The van der Waals surface area contributed by atoms with E-state index in [-0.39, 0.29) is 17.9 Å². The second kappa shape index (κ2) is 8.35. The van der Waals surface area contributed by atoms with Crippen LogP contribution in [0, 0.1) is 0 Å². The summed E-state index contributed by atoms with van der Waals surface area (Å²) in [6.07, 6.45) is 1.47. The van der Waals surface area contributed by atoms with E-state index in [1.54, 1.807) is 30.3 Å². The third-order valence-electron chi connectivity index (χ3n) is 5.60. The maximum absolute atomic E-state index is 13.4. The summed E-state index contributed by atoms with van der Waals surface area (Å²) in [5, 5.41) is 11.5. The van der Waals surface area contributed by atoms with Crippen molar-refractivity contribution in [2.75, 3.05) is 6.61 Å². The van der Waals surface area contributed by atoms with E-state index in [2.05, 4.69) is 0 Å². The minimum Gasteiger partial charge on any atom is -0.503 e. The molecule has 5 rings (SSSR count). The van der Waals surface area contributed by atoms with Gasteiger partial charge in [0.05, 0.1) is 18.4 Å². The second-order valence-electron chi connectivity index (χ2n) is 7.67. The van der Waals surface area contributed by atoms with Gasteiger partial charge < -0.3 is 23.6 Å². The smallest absolute Gasteiger partial charge is 0.290 e. The Balaban J connectivity index is 1.51. The Hall–Kier alpha value is -4.26. The Labute approximate surface area is 189 Å². The summed E-state index contributed by atoms with van der Waals surface area (Å²) in [5.74, 6) is -0.675. The number of rotatable bonds is 7. The van der Waals surface area contributed by atoms with E-state index in [0.29, 0.717) is 18.0 Å². The molecule has 1 aliphatic heterocycles. The number of aliphatic hydroxyl groups is 1. The Morgan fingerprint density at radius 3 is 2.58 bits per heavy atom. The van der Waals surface area contributed by atoms with Gasteiger partial charge in [0, 0.05) is 11.9 Å². The number of nitrogens with zero attached hydrogens (tertiary/aromatic N) is 1. The molecule has 0 fully saturated rings. The van der Waals surface area contributed by atoms with Crippen molar-refractivity contribution in [3.8, 4) is 5.75 Å². The molecule has 166 valence electrons. The van der Waals surface area contributed by atoms with Crippen molar-refractivity contribution in [3.63, 3.8) is 0 Å². The lowest BCUT2D eigenvalue weighted by Crippen LogP contribution is -2.30. The number of carbonyl (C=O) groups is 2. The molecule has 33 heavy (non-hydrogen) atoms. The van der Waals surface area contributed by atoms with Gasteiger partial charge in [-0.15, -0.1) is 0 Å². The molecule has 0 radical (unpaired) electrons. The normalized spacial score (nSPS) is 16.1. The molecule has 1 unspecified atom stereocenters. The lowest BCUT2D eigenvalue weighted by Gasteiger charge is -2.24. The summed E-state index contributed by atoms with van der Waals surface area (Å²) in [4.78, 5) is 27.9. The maximum atomic E-state index is 13.4. The Morgan fingerprint density at radius 1 is 1.09 bits per heavy atom. The van der Waals surface area contributed by atoms with Crippen LogP contribution in [0.15, 0.2) is 93.2 Å². The van der Waals surface area contributed by atoms with Crippen molar-refractivity contribution >= 4 is 22.7 Å². The first-order valence-corrected chi connectivity index (χ1v) is 10.6.